The Labute approximate surface area is 130 Å². The van der Waals surface area contributed by atoms with Gasteiger partial charge < -0.3 is 11.1 Å². The topological polar surface area (TPSA) is 72.2 Å². The van der Waals surface area contributed by atoms with Crippen LogP contribution in [0.3, 0.4) is 0 Å². The number of nitrogens with two attached hydrogens (primary N) is 1. The van der Waals surface area contributed by atoms with Gasteiger partial charge in [0.25, 0.3) is 0 Å². The van der Waals surface area contributed by atoms with Crippen LogP contribution in [0.4, 0.5) is 11.4 Å². The zero-order valence-electron chi connectivity index (χ0n) is 11.4. The maximum atomic E-state index is 12.2. The van der Waals surface area contributed by atoms with Crippen molar-refractivity contribution in [3.8, 4) is 0 Å². The summed E-state index contributed by atoms with van der Waals surface area (Å²) in [6.07, 6.45) is 0. The van der Waals surface area contributed by atoms with Gasteiger partial charge in [0, 0.05) is 11.4 Å². The normalized spacial score (nSPS) is 11.9. The average molecular weight is 323 g/mol. The molecule has 2 aromatic rings. The molecule has 21 heavy (non-hydrogen) atoms. The highest BCUT2D eigenvalue weighted by atomic mass is 35.5. The fourth-order valence-electron chi connectivity index (χ4n) is 1.84. The Bertz CT molecular complexity index is 704. The Morgan fingerprint density at radius 2 is 2.00 bits per heavy atom. The van der Waals surface area contributed by atoms with E-state index in [9.17, 15) is 9.00 Å². The first-order chi connectivity index (χ1) is 9.97. The molecule has 110 valence electrons. The maximum absolute atomic E-state index is 12.2. The second kappa shape index (κ2) is 6.74. The molecule has 0 bridgehead atoms. The Hall–Kier alpha value is -1.85. The van der Waals surface area contributed by atoms with Gasteiger partial charge in [-0.15, -0.1) is 0 Å². The highest BCUT2D eigenvalue weighted by molar-refractivity contribution is 7.86. The van der Waals surface area contributed by atoms with Crippen LogP contribution in [0.15, 0.2) is 47.4 Å². The summed E-state index contributed by atoms with van der Waals surface area (Å²) in [7, 11) is -1.48. The first kappa shape index (κ1) is 15.5. The van der Waals surface area contributed by atoms with E-state index >= 15 is 0 Å². The predicted molar refractivity (Wildman–Crippen MR) is 86.9 cm³/mol. The van der Waals surface area contributed by atoms with E-state index in [2.05, 4.69) is 5.32 Å². The molecule has 0 saturated heterocycles. The van der Waals surface area contributed by atoms with Crippen molar-refractivity contribution in [1.29, 1.82) is 0 Å². The minimum Gasteiger partial charge on any atom is -0.399 e. The number of benzene rings is 2. The smallest absolute Gasteiger partial charge is 0.237 e. The summed E-state index contributed by atoms with van der Waals surface area (Å²) in [6.45, 7) is 1.84. The van der Waals surface area contributed by atoms with Gasteiger partial charge in [-0.2, -0.15) is 0 Å². The molecule has 0 aromatic heterocycles. The third kappa shape index (κ3) is 4.06. The van der Waals surface area contributed by atoms with E-state index in [0.29, 0.717) is 21.3 Å². The van der Waals surface area contributed by atoms with E-state index in [1.165, 1.54) is 0 Å². The molecule has 1 atom stereocenters. The highest BCUT2D eigenvalue weighted by Gasteiger charge is 2.13. The third-order valence-electron chi connectivity index (χ3n) is 2.87. The Morgan fingerprint density at radius 3 is 2.67 bits per heavy atom. The third-order valence-corrected chi connectivity index (χ3v) is 4.68. The summed E-state index contributed by atoms with van der Waals surface area (Å²) >= 11 is 5.97. The zero-order chi connectivity index (χ0) is 15.4. The molecule has 3 N–H and O–H groups in total. The number of hydrogen-bond acceptors (Lipinski definition) is 3. The van der Waals surface area contributed by atoms with Crippen LogP contribution in [0.1, 0.15) is 5.56 Å². The monoisotopic (exact) mass is 322 g/mol. The highest BCUT2D eigenvalue weighted by Crippen LogP contribution is 2.20. The number of hydrogen-bond donors (Lipinski definition) is 2. The van der Waals surface area contributed by atoms with Gasteiger partial charge in [-0.05, 0) is 42.8 Å². The second-order valence-electron chi connectivity index (χ2n) is 4.54. The van der Waals surface area contributed by atoms with Crippen molar-refractivity contribution in [3.05, 3.63) is 53.1 Å². The molecular weight excluding hydrogens is 308 g/mol. The zero-order valence-corrected chi connectivity index (χ0v) is 13.0. The van der Waals surface area contributed by atoms with Crippen LogP contribution in [0.5, 0.6) is 0 Å². The number of rotatable bonds is 4. The Kier molecular flexibility index (Phi) is 4.98. The molecule has 0 aliphatic heterocycles. The van der Waals surface area contributed by atoms with Gasteiger partial charge in [-0.25, -0.2) is 0 Å². The summed E-state index contributed by atoms with van der Waals surface area (Å²) in [6, 6.07) is 12.0. The molecule has 0 saturated carbocycles. The van der Waals surface area contributed by atoms with Crippen LogP contribution in [-0.4, -0.2) is 15.9 Å². The SMILES string of the molecule is Cc1cc(N)ccc1NC(=O)CS(=O)c1ccccc1Cl. The average Bonchev–Trinajstić information content (AvgIpc) is 2.42. The lowest BCUT2D eigenvalue weighted by atomic mass is 10.2. The lowest BCUT2D eigenvalue weighted by Gasteiger charge is -2.09. The van der Waals surface area contributed by atoms with Crippen LogP contribution < -0.4 is 11.1 Å². The van der Waals surface area contributed by atoms with Crippen LogP contribution in [0.2, 0.25) is 5.02 Å². The van der Waals surface area contributed by atoms with Gasteiger partial charge in [-0.3, -0.25) is 9.00 Å². The van der Waals surface area contributed by atoms with Crippen LogP contribution in [0.25, 0.3) is 0 Å². The largest absolute Gasteiger partial charge is 0.399 e. The molecule has 4 nitrogen and oxygen atoms in total. The minimum absolute atomic E-state index is 0.145. The molecular formula is C15H15ClN2O2S. The number of carbonyl (C=O) groups excluding carboxylic acids is 1. The Morgan fingerprint density at radius 1 is 1.29 bits per heavy atom. The van der Waals surface area contributed by atoms with E-state index in [4.69, 9.17) is 17.3 Å². The standard InChI is InChI=1S/C15H15ClN2O2S/c1-10-8-11(17)6-7-13(10)18-15(19)9-21(20)14-5-3-2-4-12(14)16/h2-8H,9,17H2,1H3,(H,18,19). The second-order valence-corrected chi connectivity index (χ2v) is 6.37. The lowest BCUT2D eigenvalue weighted by molar-refractivity contribution is -0.113. The van der Waals surface area contributed by atoms with E-state index < -0.39 is 10.8 Å². The summed E-state index contributed by atoms with van der Waals surface area (Å²) < 4.78 is 12.2. The first-order valence-corrected chi connectivity index (χ1v) is 7.96. The molecule has 0 radical (unpaired) electrons. The lowest BCUT2D eigenvalue weighted by Crippen LogP contribution is -2.20. The number of aryl methyl sites for hydroxylation is 1. The molecule has 6 heteroatoms. The maximum Gasteiger partial charge on any atom is 0.237 e. The number of anilines is 2. The summed E-state index contributed by atoms with van der Waals surface area (Å²) in [5.41, 5.74) is 7.80. The molecule has 2 rings (SSSR count). The molecule has 1 amide bonds. The van der Waals surface area contributed by atoms with Gasteiger partial charge in [0.05, 0.1) is 20.7 Å². The van der Waals surface area contributed by atoms with E-state index in [1.807, 2.05) is 6.92 Å². The van der Waals surface area contributed by atoms with Gasteiger partial charge in [-0.1, -0.05) is 23.7 Å². The first-order valence-electron chi connectivity index (χ1n) is 6.26. The molecule has 0 fully saturated rings. The number of nitrogens with one attached hydrogen (secondary N) is 1. The van der Waals surface area contributed by atoms with E-state index in [1.54, 1.807) is 42.5 Å². The van der Waals surface area contributed by atoms with Crippen molar-refractivity contribution >= 4 is 39.7 Å². The number of halogens is 1. The quantitative estimate of drug-likeness (QED) is 0.850. The molecule has 1 unspecified atom stereocenters. The van der Waals surface area contributed by atoms with Gasteiger partial charge in [0.15, 0.2) is 0 Å². The number of nitrogen functional groups attached to an aromatic ring is 1. The summed E-state index contributed by atoms with van der Waals surface area (Å²) in [5, 5.41) is 3.12. The summed E-state index contributed by atoms with van der Waals surface area (Å²) in [5.74, 6) is -0.478. The van der Waals surface area contributed by atoms with Gasteiger partial charge in [0.1, 0.15) is 5.75 Å². The number of amides is 1. The Balaban J connectivity index is 2.05. The van der Waals surface area contributed by atoms with Crippen molar-refractivity contribution in [2.24, 2.45) is 0 Å². The van der Waals surface area contributed by atoms with Crippen molar-refractivity contribution in [2.45, 2.75) is 11.8 Å². The summed E-state index contributed by atoms with van der Waals surface area (Å²) in [4.78, 5) is 12.4. The molecule has 0 aliphatic carbocycles. The fraction of sp³-hybridized carbons (Fsp3) is 0.133. The molecule has 2 aromatic carbocycles. The van der Waals surface area contributed by atoms with E-state index in [-0.39, 0.29) is 11.7 Å². The predicted octanol–water partition coefficient (Wildman–Crippen LogP) is 2.98. The minimum atomic E-state index is -1.48. The van der Waals surface area contributed by atoms with Crippen LogP contribution in [-0.2, 0) is 15.6 Å². The molecule has 0 spiro atoms. The van der Waals surface area contributed by atoms with Crippen molar-refractivity contribution in [1.82, 2.24) is 0 Å². The van der Waals surface area contributed by atoms with Gasteiger partial charge in [0.2, 0.25) is 5.91 Å². The van der Waals surface area contributed by atoms with Crippen LogP contribution >= 0.6 is 11.6 Å². The van der Waals surface area contributed by atoms with Gasteiger partial charge >= 0.3 is 0 Å². The van der Waals surface area contributed by atoms with E-state index in [0.717, 1.165) is 5.56 Å². The molecule has 0 heterocycles. The fourth-order valence-corrected chi connectivity index (χ4v) is 3.22. The van der Waals surface area contributed by atoms with Crippen molar-refractivity contribution in [2.75, 3.05) is 16.8 Å². The molecule has 0 aliphatic rings. The van der Waals surface area contributed by atoms with Crippen molar-refractivity contribution in [3.63, 3.8) is 0 Å². The van der Waals surface area contributed by atoms with Crippen LogP contribution in [0, 0.1) is 6.92 Å². The number of carbonyl (C=O) groups is 1. The van der Waals surface area contributed by atoms with Crippen molar-refractivity contribution < 1.29 is 9.00 Å².